The van der Waals surface area contributed by atoms with Crippen LogP contribution in [0.3, 0.4) is 0 Å². The summed E-state index contributed by atoms with van der Waals surface area (Å²) >= 11 is 0. The standard InChI is InChI=1S/C23H30N6O2.HI/c1-17(31-21-13-9-8-12-20(21)30-4)14-24-23(25-15-19-10-6-5-7-11-19)26-16-22-28-27-18(2)29(22)3;/h5-13,17H,14-16H2,1-4H3,(H2,24,25,26);1H. The zero-order valence-electron chi connectivity index (χ0n) is 18.9. The minimum absolute atomic E-state index is 0. The van der Waals surface area contributed by atoms with Crippen LogP contribution >= 0.6 is 24.0 Å². The highest BCUT2D eigenvalue weighted by molar-refractivity contribution is 14.0. The van der Waals surface area contributed by atoms with Gasteiger partial charge in [-0.15, -0.1) is 34.2 Å². The summed E-state index contributed by atoms with van der Waals surface area (Å²) in [4.78, 5) is 4.71. The van der Waals surface area contributed by atoms with Crippen LogP contribution in [0.25, 0.3) is 0 Å². The first kappa shape index (κ1) is 25.4. The molecule has 3 rings (SSSR count). The van der Waals surface area contributed by atoms with Crippen LogP contribution in [0, 0.1) is 6.92 Å². The third kappa shape index (κ3) is 7.40. The lowest BCUT2D eigenvalue weighted by molar-refractivity contribution is 0.213. The maximum Gasteiger partial charge on any atom is 0.192 e. The number of methoxy groups -OCH3 is 1. The Bertz CT molecular complexity index is 993. The Morgan fingerprint density at radius 3 is 2.38 bits per heavy atom. The Labute approximate surface area is 206 Å². The maximum absolute atomic E-state index is 6.04. The van der Waals surface area contributed by atoms with Crippen LogP contribution in [0.1, 0.15) is 24.1 Å². The van der Waals surface area contributed by atoms with Crippen molar-refractivity contribution in [3.63, 3.8) is 0 Å². The predicted molar refractivity (Wildman–Crippen MR) is 137 cm³/mol. The van der Waals surface area contributed by atoms with E-state index in [2.05, 4.69) is 33.0 Å². The molecule has 0 bridgehead atoms. The quantitative estimate of drug-likeness (QED) is 0.241. The zero-order chi connectivity index (χ0) is 22.1. The highest BCUT2D eigenvalue weighted by atomic mass is 127. The minimum atomic E-state index is -0.0999. The fourth-order valence-corrected chi connectivity index (χ4v) is 2.91. The molecule has 0 radical (unpaired) electrons. The second-order valence-electron chi connectivity index (χ2n) is 7.19. The van der Waals surface area contributed by atoms with Crippen molar-refractivity contribution in [2.75, 3.05) is 13.7 Å². The topological polar surface area (TPSA) is 85.6 Å². The van der Waals surface area contributed by atoms with E-state index in [4.69, 9.17) is 14.5 Å². The van der Waals surface area contributed by atoms with Crippen LogP contribution in [0.15, 0.2) is 59.6 Å². The van der Waals surface area contributed by atoms with Gasteiger partial charge in [0.25, 0.3) is 0 Å². The first-order valence-corrected chi connectivity index (χ1v) is 10.3. The van der Waals surface area contributed by atoms with Gasteiger partial charge in [0, 0.05) is 7.05 Å². The number of aryl methyl sites for hydroxylation is 1. The smallest absolute Gasteiger partial charge is 0.192 e. The van der Waals surface area contributed by atoms with Gasteiger partial charge in [-0.2, -0.15) is 0 Å². The average Bonchev–Trinajstić information content (AvgIpc) is 3.12. The number of halogens is 1. The monoisotopic (exact) mass is 550 g/mol. The molecule has 9 heteroatoms. The van der Waals surface area contributed by atoms with Gasteiger partial charge in [-0.05, 0) is 31.5 Å². The van der Waals surface area contributed by atoms with Crippen LogP contribution in [0.5, 0.6) is 11.5 Å². The molecule has 0 fully saturated rings. The predicted octanol–water partition coefficient (Wildman–Crippen LogP) is 3.45. The van der Waals surface area contributed by atoms with Crippen LogP contribution < -0.4 is 20.1 Å². The van der Waals surface area contributed by atoms with Crippen molar-refractivity contribution in [2.45, 2.75) is 33.0 Å². The van der Waals surface area contributed by atoms with E-state index in [1.54, 1.807) is 7.11 Å². The molecule has 1 unspecified atom stereocenters. The summed E-state index contributed by atoms with van der Waals surface area (Å²) in [5.41, 5.74) is 1.14. The maximum atomic E-state index is 6.04. The normalized spacial score (nSPS) is 11.9. The number of aromatic nitrogens is 3. The minimum Gasteiger partial charge on any atom is -0.493 e. The van der Waals surface area contributed by atoms with E-state index < -0.39 is 0 Å². The van der Waals surface area contributed by atoms with Crippen LogP contribution in [0.2, 0.25) is 0 Å². The van der Waals surface area contributed by atoms with Crippen LogP contribution in [-0.4, -0.2) is 40.5 Å². The second-order valence-corrected chi connectivity index (χ2v) is 7.19. The van der Waals surface area contributed by atoms with E-state index in [1.165, 1.54) is 0 Å². The number of para-hydroxylation sites is 2. The van der Waals surface area contributed by atoms with Crippen molar-refractivity contribution < 1.29 is 9.47 Å². The molecule has 1 aromatic heterocycles. The average molecular weight is 550 g/mol. The third-order valence-corrected chi connectivity index (χ3v) is 4.81. The fraction of sp³-hybridized carbons (Fsp3) is 0.348. The summed E-state index contributed by atoms with van der Waals surface area (Å²) in [7, 11) is 3.58. The number of hydrogen-bond donors (Lipinski definition) is 2. The van der Waals surface area contributed by atoms with Crippen molar-refractivity contribution >= 4 is 29.9 Å². The summed E-state index contributed by atoms with van der Waals surface area (Å²) in [6, 6.07) is 17.8. The molecule has 1 heterocycles. The van der Waals surface area contributed by atoms with Gasteiger partial charge < -0.3 is 24.7 Å². The van der Waals surface area contributed by atoms with Crippen LogP contribution in [0.4, 0.5) is 0 Å². The van der Waals surface area contributed by atoms with Crippen molar-refractivity contribution in [3.8, 4) is 11.5 Å². The molecule has 0 amide bonds. The van der Waals surface area contributed by atoms with E-state index >= 15 is 0 Å². The van der Waals surface area contributed by atoms with Gasteiger partial charge in [-0.3, -0.25) is 0 Å². The number of aliphatic imine (C=N–C) groups is 1. The number of hydrogen-bond acceptors (Lipinski definition) is 5. The lowest BCUT2D eigenvalue weighted by atomic mass is 10.2. The molecule has 172 valence electrons. The fourth-order valence-electron chi connectivity index (χ4n) is 2.91. The van der Waals surface area contributed by atoms with E-state index in [1.807, 2.05) is 67.9 Å². The van der Waals surface area contributed by atoms with E-state index in [0.29, 0.717) is 37.1 Å². The Hall–Kier alpha value is -2.82. The number of guanidine groups is 1. The summed E-state index contributed by atoms with van der Waals surface area (Å²) in [6.45, 7) is 5.57. The number of nitrogens with zero attached hydrogens (tertiary/aromatic N) is 4. The van der Waals surface area contributed by atoms with Gasteiger partial charge >= 0.3 is 0 Å². The first-order chi connectivity index (χ1) is 15.1. The molecule has 0 aliphatic heterocycles. The van der Waals surface area contributed by atoms with Crippen molar-refractivity contribution in [2.24, 2.45) is 12.0 Å². The Balaban J connectivity index is 0.00000363. The summed E-state index contributed by atoms with van der Waals surface area (Å²) in [5, 5.41) is 15.0. The SMILES string of the molecule is COc1ccccc1OC(C)CNC(=NCc1ccccc1)NCc1nnc(C)n1C.I. The third-order valence-electron chi connectivity index (χ3n) is 4.81. The highest BCUT2D eigenvalue weighted by Crippen LogP contribution is 2.26. The lowest BCUT2D eigenvalue weighted by Gasteiger charge is -2.19. The Kier molecular flexibility index (Phi) is 10.3. The zero-order valence-corrected chi connectivity index (χ0v) is 21.2. The van der Waals surface area contributed by atoms with E-state index in [0.717, 1.165) is 17.2 Å². The van der Waals surface area contributed by atoms with Gasteiger partial charge in [0.1, 0.15) is 11.9 Å². The van der Waals surface area contributed by atoms with Gasteiger partial charge in [0.05, 0.1) is 26.7 Å². The molecular weight excluding hydrogens is 519 g/mol. The van der Waals surface area contributed by atoms with Crippen molar-refractivity contribution in [1.29, 1.82) is 0 Å². The Morgan fingerprint density at radius 2 is 1.72 bits per heavy atom. The molecular formula is C23H31IN6O2. The van der Waals surface area contributed by atoms with Crippen molar-refractivity contribution in [1.82, 2.24) is 25.4 Å². The van der Waals surface area contributed by atoms with Crippen LogP contribution in [-0.2, 0) is 20.1 Å². The highest BCUT2D eigenvalue weighted by Gasteiger charge is 2.11. The largest absolute Gasteiger partial charge is 0.493 e. The van der Waals surface area contributed by atoms with Gasteiger partial charge in [-0.1, -0.05) is 42.5 Å². The first-order valence-electron chi connectivity index (χ1n) is 10.3. The molecule has 32 heavy (non-hydrogen) atoms. The molecule has 3 aromatic rings. The number of benzene rings is 2. The molecule has 8 nitrogen and oxygen atoms in total. The molecule has 2 aromatic carbocycles. The Morgan fingerprint density at radius 1 is 1.03 bits per heavy atom. The molecule has 1 atom stereocenters. The molecule has 0 aliphatic rings. The second kappa shape index (κ2) is 12.9. The number of rotatable bonds is 9. The lowest BCUT2D eigenvalue weighted by Crippen LogP contribution is -2.42. The van der Waals surface area contributed by atoms with Gasteiger partial charge in [0.2, 0.25) is 0 Å². The number of ether oxygens (including phenoxy) is 2. The molecule has 2 N–H and O–H groups in total. The summed E-state index contributed by atoms with van der Waals surface area (Å²) in [5.74, 6) is 3.81. The van der Waals surface area contributed by atoms with Gasteiger partial charge in [0.15, 0.2) is 23.3 Å². The molecule has 0 spiro atoms. The van der Waals surface area contributed by atoms with E-state index in [-0.39, 0.29) is 30.1 Å². The van der Waals surface area contributed by atoms with Gasteiger partial charge in [-0.25, -0.2) is 4.99 Å². The molecule has 0 saturated carbocycles. The van der Waals surface area contributed by atoms with Crippen molar-refractivity contribution in [3.05, 3.63) is 71.8 Å². The van der Waals surface area contributed by atoms with E-state index in [9.17, 15) is 0 Å². The summed E-state index contributed by atoms with van der Waals surface area (Å²) < 4.78 is 13.4. The number of nitrogens with one attached hydrogen (secondary N) is 2. The molecule has 0 saturated heterocycles. The molecule has 0 aliphatic carbocycles. The summed E-state index contributed by atoms with van der Waals surface area (Å²) in [6.07, 6.45) is -0.0999.